The van der Waals surface area contributed by atoms with Crippen LogP contribution in [0.1, 0.15) is 91.8 Å². The van der Waals surface area contributed by atoms with Crippen LogP contribution in [0.25, 0.3) is 0 Å². The number of thiocarbonyl (C=S) groups is 1. The molecule has 188 valence electrons. The highest BCUT2D eigenvalue weighted by atomic mass is 32.1. The van der Waals surface area contributed by atoms with Gasteiger partial charge in [-0.3, -0.25) is 14.9 Å². The van der Waals surface area contributed by atoms with Crippen molar-refractivity contribution < 1.29 is 14.3 Å². The standard InChI is InChI=1S/C28H37N3O3S/c1-2-3-4-5-9-20-34-25-18-14-22(15-19-25)27(33)31-28(35)30-24-16-12-21(13-17-24)26(32)29-23-10-7-6-8-11-23/h12-19,23H,2-11,20H2,1H3,(H,29,32)(H2,30,31,33,35). The molecule has 0 spiro atoms. The summed E-state index contributed by atoms with van der Waals surface area (Å²) in [6.07, 6.45) is 11.7. The molecule has 1 fully saturated rings. The Morgan fingerprint density at radius 1 is 0.857 bits per heavy atom. The molecule has 0 unspecified atom stereocenters. The van der Waals surface area contributed by atoms with E-state index in [1.807, 2.05) is 0 Å². The average molecular weight is 496 g/mol. The number of rotatable bonds is 11. The molecule has 0 atom stereocenters. The van der Waals surface area contributed by atoms with E-state index in [1.54, 1.807) is 48.5 Å². The number of benzene rings is 2. The molecule has 0 saturated heterocycles. The molecule has 35 heavy (non-hydrogen) atoms. The summed E-state index contributed by atoms with van der Waals surface area (Å²) in [6.45, 7) is 2.89. The van der Waals surface area contributed by atoms with Gasteiger partial charge < -0.3 is 15.4 Å². The lowest BCUT2D eigenvalue weighted by Crippen LogP contribution is -2.36. The van der Waals surface area contributed by atoms with E-state index in [-0.39, 0.29) is 23.0 Å². The zero-order chi connectivity index (χ0) is 24.9. The Bertz CT molecular complexity index is 954. The van der Waals surface area contributed by atoms with Crippen molar-refractivity contribution in [1.82, 2.24) is 10.6 Å². The van der Waals surface area contributed by atoms with Gasteiger partial charge in [0.1, 0.15) is 5.75 Å². The number of anilines is 1. The Hall–Kier alpha value is -2.93. The summed E-state index contributed by atoms with van der Waals surface area (Å²) >= 11 is 5.28. The molecule has 3 N–H and O–H groups in total. The third kappa shape index (κ3) is 9.32. The molecule has 3 rings (SSSR count). The SMILES string of the molecule is CCCCCCCOc1ccc(C(=O)NC(=S)Nc2ccc(C(=O)NC3CCCCC3)cc2)cc1. The van der Waals surface area contributed by atoms with Crippen LogP contribution in [0.15, 0.2) is 48.5 Å². The molecule has 2 aromatic carbocycles. The lowest BCUT2D eigenvalue weighted by molar-refractivity contribution is 0.0926. The van der Waals surface area contributed by atoms with E-state index >= 15 is 0 Å². The Kier molecular flexibility index (Phi) is 11.0. The second-order valence-electron chi connectivity index (χ2n) is 9.08. The average Bonchev–Trinajstić information content (AvgIpc) is 2.87. The minimum atomic E-state index is -0.294. The van der Waals surface area contributed by atoms with E-state index in [1.165, 1.54) is 44.9 Å². The minimum Gasteiger partial charge on any atom is -0.494 e. The van der Waals surface area contributed by atoms with Gasteiger partial charge in [-0.2, -0.15) is 0 Å². The van der Waals surface area contributed by atoms with Gasteiger partial charge in [0.05, 0.1) is 6.61 Å². The summed E-state index contributed by atoms with van der Waals surface area (Å²) in [5.41, 5.74) is 1.81. The predicted octanol–water partition coefficient (Wildman–Crippen LogP) is 6.23. The fourth-order valence-corrected chi connectivity index (χ4v) is 4.37. The van der Waals surface area contributed by atoms with E-state index in [4.69, 9.17) is 17.0 Å². The van der Waals surface area contributed by atoms with Gasteiger partial charge in [-0.05, 0) is 80.0 Å². The number of unbranched alkanes of at least 4 members (excludes halogenated alkanes) is 4. The molecule has 7 heteroatoms. The van der Waals surface area contributed by atoms with Crippen LogP contribution in [0.3, 0.4) is 0 Å². The minimum absolute atomic E-state index is 0.0525. The fourth-order valence-electron chi connectivity index (χ4n) is 4.16. The first-order chi connectivity index (χ1) is 17.0. The summed E-state index contributed by atoms with van der Waals surface area (Å²) in [6, 6.07) is 14.4. The van der Waals surface area contributed by atoms with Crippen molar-refractivity contribution in [2.24, 2.45) is 0 Å². The number of nitrogens with one attached hydrogen (secondary N) is 3. The fraction of sp³-hybridized carbons (Fsp3) is 0.464. The van der Waals surface area contributed by atoms with Crippen LogP contribution in [0.4, 0.5) is 5.69 Å². The quantitative estimate of drug-likeness (QED) is 0.255. The normalized spacial score (nSPS) is 13.6. The molecule has 0 aromatic heterocycles. The van der Waals surface area contributed by atoms with Gasteiger partial charge in [-0.1, -0.05) is 51.9 Å². The van der Waals surface area contributed by atoms with Gasteiger partial charge in [0, 0.05) is 22.9 Å². The van der Waals surface area contributed by atoms with Crippen LogP contribution in [0.5, 0.6) is 5.75 Å². The van der Waals surface area contributed by atoms with Gasteiger partial charge in [0.25, 0.3) is 11.8 Å². The van der Waals surface area contributed by atoms with Crippen molar-refractivity contribution in [3.63, 3.8) is 0 Å². The highest BCUT2D eigenvalue weighted by Gasteiger charge is 2.16. The molecular formula is C28H37N3O3S. The van der Waals surface area contributed by atoms with Crippen LogP contribution in [-0.4, -0.2) is 29.6 Å². The van der Waals surface area contributed by atoms with Crippen LogP contribution in [0.2, 0.25) is 0 Å². The first-order valence-electron chi connectivity index (χ1n) is 12.8. The van der Waals surface area contributed by atoms with Gasteiger partial charge in [0.2, 0.25) is 0 Å². The molecule has 1 aliphatic carbocycles. The molecule has 6 nitrogen and oxygen atoms in total. The molecule has 2 amide bonds. The number of carbonyl (C=O) groups excluding carboxylic acids is 2. The van der Waals surface area contributed by atoms with Gasteiger partial charge in [-0.25, -0.2) is 0 Å². The van der Waals surface area contributed by atoms with Crippen molar-refractivity contribution in [2.75, 3.05) is 11.9 Å². The predicted molar refractivity (Wildman–Crippen MR) is 145 cm³/mol. The monoisotopic (exact) mass is 495 g/mol. The highest BCUT2D eigenvalue weighted by molar-refractivity contribution is 7.80. The number of hydrogen-bond donors (Lipinski definition) is 3. The Labute approximate surface area is 214 Å². The van der Waals surface area contributed by atoms with E-state index in [0.29, 0.717) is 23.4 Å². The van der Waals surface area contributed by atoms with Crippen LogP contribution in [-0.2, 0) is 0 Å². The second-order valence-corrected chi connectivity index (χ2v) is 9.49. The van der Waals surface area contributed by atoms with Crippen molar-refractivity contribution in [2.45, 2.75) is 77.2 Å². The molecule has 1 aliphatic rings. The summed E-state index contributed by atoms with van der Waals surface area (Å²) in [7, 11) is 0. The third-order valence-electron chi connectivity index (χ3n) is 6.21. The second kappa shape index (κ2) is 14.5. The van der Waals surface area contributed by atoms with E-state index in [0.717, 1.165) is 25.0 Å². The first-order valence-corrected chi connectivity index (χ1v) is 13.2. The van der Waals surface area contributed by atoms with Crippen molar-refractivity contribution in [3.05, 3.63) is 59.7 Å². The van der Waals surface area contributed by atoms with Gasteiger partial charge in [0.15, 0.2) is 5.11 Å². The Morgan fingerprint density at radius 3 is 2.17 bits per heavy atom. The van der Waals surface area contributed by atoms with Crippen LogP contribution < -0.4 is 20.7 Å². The van der Waals surface area contributed by atoms with E-state index < -0.39 is 0 Å². The highest BCUT2D eigenvalue weighted by Crippen LogP contribution is 2.18. The maximum atomic E-state index is 12.5. The number of hydrogen-bond acceptors (Lipinski definition) is 4. The maximum Gasteiger partial charge on any atom is 0.257 e. The van der Waals surface area contributed by atoms with E-state index in [9.17, 15) is 9.59 Å². The summed E-state index contributed by atoms with van der Waals surface area (Å²) in [4.78, 5) is 25.0. The summed E-state index contributed by atoms with van der Waals surface area (Å²) in [5, 5.41) is 8.99. The number of amides is 2. The molecular weight excluding hydrogens is 458 g/mol. The molecule has 1 saturated carbocycles. The zero-order valence-corrected chi connectivity index (χ0v) is 21.4. The first kappa shape index (κ1) is 26.7. The van der Waals surface area contributed by atoms with Crippen molar-refractivity contribution in [1.29, 1.82) is 0 Å². The number of carbonyl (C=O) groups is 2. The molecule has 0 radical (unpaired) electrons. The number of ether oxygens (including phenoxy) is 1. The van der Waals surface area contributed by atoms with E-state index in [2.05, 4.69) is 22.9 Å². The lowest BCUT2D eigenvalue weighted by atomic mass is 9.95. The maximum absolute atomic E-state index is 12.5. The van der Waals surface area contributed by atoms with Gasteiger partial charge >= 0.3 is 0 Å². The van der Waals surface area contributed by atoms with Crippen molar-refractivity contribution in [3.8, 4) is 5.75 Å². The molecule has 0 aliphatic heterocycles. The topological polar surface area (TPSA) is 79.5 Å². The molecule has 0 bridgehead atoms. The molecule has 2 aromatic rings. The lowest BCUT2D eigenvalue weighted by Gasteiger charge is -2.22. The Balaban J connectivity index is 1.40. The third-order valence-corrected chi connectivity index (χ3v) is 6.41. The van der Waals surface area contributed by atoms with Crippen molar-refractivity contribution >= 4 is 34.8 Å². The zero-order valence-electron chi connectivity index (χ0n) is 20.6. The van der Waals surface area contributed by atoms with Crippen LogP contribution in [0, 0.1) is 0 Å². The molecule has 0 heterocycles. The smallest absolute Gasteiger partial charge is 0.257 e. The van der Waals surface area contributed by atoms with Crippen LogP contribution >= 0.6 is 12.2 Å². The van der Waals surface area contributed by atoms with Gasteiger partial charge in [-0.15, -0.1) is 0 Å². The largest absolute Gasteiger partial charge is 0.494 e. The Morgan fingerprint density at radius 2 is 1.49 bits per heavy atom. The summed E-state index contributed by atoms with van der Waals surface area (Å²) in [5.74, 6) is 0.408. The summed E-state index contributed by atoms with van der Waals surface area (Å²) < 4.78 is 5.75.